The van der Waals surface area contributed by atoms with E-state index in [1.54, 1.807) is 12.4 Å². The molecule has 80 valence electrons. The van der Waals surface area contributed by atoms with Gasteiger partial charge in [0.05, 0.1) is 0 Å². The Kier molecular flexibility index (Phi) is 4.57. The third-order valence-electron chi connectivity index (χ3n) is 1.85. The summed E-state index contributed by atoms with van der Waals surface area (Å²) in [7, 11) is 0. The van der Waals surface area contributed by atoms with Crippen molar-refractivity contribution in [3.8, 4) is 23.7 Å². The van der Waals surface area contributed by atoms with Gasteiger partial charge in [-0.25, -0.2) is 0 Å². The summed E-state index contributed by atoms with van der Waals surface area (Å²) in [4.78, 5) is 0. The number of rotatable bonds is 1. The summed E-state index contributed by atoms with van der Waals surface area (Å²) < 4.78 is 1.47. The normalized spacial score (nSPS) is 10.5. The molecule has 0 radical (unpaired) electrons. The first kappa shape index (κ1) is 11.8. The molecular formula is C14H14N2. The van der Waals surface area contributed by atoms with Crippen molar-refractivity contribution in [1.29, 1.82) is 0 Å². The van der Waals surface area contributed by atoms with E-state index in [-0.39, 0.29) is 0 Å². The van der Waals surface area contributed by atoms with Gasteiger partial charge in [-0.3, -0.25) is 4.68 Å². The predicted octanol–water partition coefficient (Wildman–Crippen LogP) is 2.08. The monoisotopic (exact) mass is 210 g/mol. The number of hydrogen-bond acceptors (Lipinski definition) is 1. The van der Waals surface area contributed by atoms with E-state index in [0.717, 1.165) is 11.1 Å². The Hall–Kier alpha value is -2.32. The lowest BCUT2D eigenvalue weighted by Gasteiger charge is -1.83. The summed E-state index contributed by atoms with van der Waals surface area (Å²) in [5, 5.41) is 0. The Morgan fingerprint density at radius 3 is 2.75 bits per heavy atom. The van der Waals surface area contributed by atoms with Crippen LogP contribution in [0.15, 0.2) is 42.3 Å². The molecule has 0 aliphatic heterocycles. The molecule has 0 unspecified atom stereocenters. The SMILES string of the molecule is C/C=C\C(C#CC#Cc1ccn(N)c1)=C/C. The smallest absolute Gasteiger partial charge is 0.0453 e. The highest BCUT2D eigenvalue weighted by atomic mass is 15.3. The van der Waals surface area contributed by atoms with Gasteiger partial charge in [0.1, 0.15) is 0 Å². The number of allylic oxidation sites excluding steroid dienone is 4. The van der Waals surface area contributed by atoms with Crippen molar-refractivity contribution in [2.75, 3.05) is 5.84 Å². The van der Waals surface area contributed by atoms with Crippen LogP contribution in [0.3, 0.4) is 0 Å². The predicted molar refractivity (Wildman–Crippen MR) is 67.8 cm³/mol. The fourth-order valence-electron chi connectivity index (χ4n) is 1.08. The number of nitrogens with zero attached hydrogens (tertiary/aromatic N) is 1. The van der Waals surface area contributed by atoms with Crippen molar-refractivity contribution < 1.29 is 0 Å². The van der Waals surface area contributed by atoms with Gasteiger partial charge in [-0.15, -0.1) is 0 Å². The van der Waals surface area contributed by atoms with Crippen LogP contribution in [0, 0.1) is 23.7 Å². The van der Waals surface area contributed by atoms with Crippen molar-refractivity contribution in [3.05, 3.63) is 47.8 Å². The number of nitrogens with two attached hydrogens (primary N) is 1. The molecular weight excluding hydrogens is 196 g/mol. The molecule has 0 bridgehead atoms. The van der Waals surface area contributed by atoms with Crippen LogP contribution in [0.5, 0.6) is 0 Å². The minimum absolute atomic E-state index is 0.866. The van der Waals surface area contributed by atoms with Crippen LogP contribution < -0.4 is 5.84 Å². The average molecular weight is 210 g/mol. The minimum atomic E-state index is 0.866. The van der Waals surface area contributed by atoms with Crippen LogP contribution in [0.25, 0.3) is 0 Å². The molecule has 0 atom stereocenters. The van der Waals surface area contributed by atoms with E-state index < -0.39 is 0 Å². The second-order valence-corrected chi connectivity index (χ2v) is 3.09. The molecule has 0 spiro atoms. The molecule has 2 nitrogen and oxygen atoms in total. The van der Waals surface area contributed by atoms with Crippen LogP contribution in [0.2, 0.25) is 0 Å². The molecule has 16 heavy (non-hydrogen) atoms. The highest BCUT2D eigenvalue weighted by Gasteiger charge is 1.86. The van der Waals surface area contributed by atoms with Crippen molar-refractivity contribution in [1.82, 2.24) is 4.68 Å². The molecule has 0 aliphatic carbocycles. The fourth-order valence-corrected chi connectivity index (χ4v) is 1.08. The number of nitrogen functional groups attached to an aromatic ring is 1. The summed E-state index contributed by atoms with van der Waals surface area (Å²) in [6, 6.07) is 1.84. The first-order valence-electron chi connectivity index (χ1n) is 5.00. The maximum absolute atomic E-state index is 5.49. The second kappa shape index (κ2) is 6.22. The molecule has 2 N–H and O–H groups in total. The Labute approximate surface area is 96.4 Å². The van der Waals surface area contributed by atoms with Gasteiger partial charge in [-0.1, -0.05) is 30.1 Å². The summed E-state index contributed by atoms with van der Waals surface area (Å²) in [6.45, 7) is 3.91. The van der Waals surface area contributed by atoms with Crippen LogP contribution in [0.4, 0.5) is 0 Å². The standard InChI is InChI=1S/C14H14N2/c1-3-7-13(4-2)8-5-6-9-14-10-11-16(15)12-14/h3-4,7,10-12H,15H2,1-2H3/b7-3-,13-4+. The topological polar surface area (TPSA) is 30.9 Å². The fraction of sp³-hybridized carbons (Fsp3) is 0.143. The number of hydrogen-bond donors (Lipinski definition) is 1. The maximum Gasteiger partial charge on any atom is 0.0453 e. The molecule has 1 rings (SSSR count). The molecule has 1 aromatic heterocycles. The van der Waals surface area contributed by atoms with Gasteiger partial charge in [-0.2, -0.15) is 0 Å². The molecule has 0 aromatic carbocycles. The second-order valence-electron chi connectivity index (χ2n) is 3.09. The van der Waals surface area contributed by atoms with E-state index in [2.05, 4.69) is 23.7 Å². The first-order valence-corrected chi connectivity index (χ1v) is 5.00. The third kappa shape index (κ3) is 3.82. The lowest BCUT2D eigenvalue weighted by atomic mass is 10.2. The lowest BCUT2D eigenvalue weighted by molar-refractivity contribution is 1.02. The van der Waals surface area contributed by atoms with Gasteiger partial charge in [0.25, 0.3) is 0 Å². The highest BCUT2D eigenvalue weighted by molar-refractivity contribution is 5.45. The number of aromatic nitrogens is 1. The van der Waals surface area contributed by atoms with Gasteiger partial charge >= 0.3 is 0 Å². The van der Waals surface area contributed by atoms with Crippen molar-refractivity contribution in [3.63, 3.8) is 0 Å². The minimum Gasteiger partial charge on any atom is -0.340 e. The maximum atomic E-state index is 5.49. The molecule has 0 amide bonds. The summed E-state index contributed by atoms with van der Waals surface area (Å²) in [5.41, 5.74) is 1.83. The molecule has 1 heterocycles. The van der Waals surface area contributed by atoms with E-state index in [9.17, 15) is 0 Å². The molecule has 2 heteroatoms. The average Bonchev–Trinajstić information content (AvgIpc) is 2.69. The molecule has 0 saturated heterocycles. The van der Waals surface area contributed by atoms with Gasteiger partial charge in [-0.05, 0) is 31.8 Å². The third-order valence-corrected chi connectivity index (χ3v) is 1.85. The van der Waals surface area contributed by atoms with Gasteiger partial charge in [0.15, 0.2) is 0 Å². The molecule has 0 fully saturated rings. The van der Waals surface area contributed by atoms with Crippen LogP contribution in [-0.4, -0.2) is 4.68 Å². The van der Waals surface area contributed by atoms with Crippen LogP contribution >= 0.6 is 0 Å². The zero-order valence-electron chi connectivity index (χ0n) is 9.49. The molecule has 0 saturated carbocycles. The van der Waals surface area contributed by atoms with Gasteiger partial charge < -0.3 is 5.84 Å². The highest BCUT2D eigenvalue weighted by Crippen LogP contribution is 1.95. The Morgan fingerprint density at radius 2 is 2.19 bits per heavy atom. The first-order chi connectivity index (χ1) is 7.76. The quantitative estimate of drug-likeness (QED) is 0.429. The molecule has 0 aliphatic rings. The van der Waals surface area contributed by atoms with E-state index >= 15 is 0 Å². The van der Waals surface area contributed by atoms with Crippen LogP contribution in [0.1, 0.15) is 19.4 Å². The summed E-state index contributed by atoms with van der Waals surface area (Å²) in [5.74, 6) is 16.9. The van der Waals surface area contributed by atoms with E-state index in [1.165, 1.54) is 4.68 Å². The van der Waals surface area contributed by atoms with E-state index in [4.69, 9.17) is 5.84 Å². The Bertz CT molecular complexity index is 522. The largest absolute Gasteiger partial charge is 0.340 e. The zero-order valence-corrected chi connectivity index (χ0v) is 9.49. The summed E-state index contributed by atoms with van der Waals surface area (Å²) in [6.07, 6.45) is 9.34. The van der Waals surface area contributed by atoms with E-state index in [0.29, 0.717) is 0 Å². The van der Waals surface area contributed by atoms with Gasteiger partial charge in [0, 0.05) is 23.5 Å². The van der Waals surface area contributed by atoms with Crippen molar-refractivity contribution >= 4 is 0 Å². The zero-order chi connectivity index (χ0) is 11.8. The van der Waals surface area contributed by atoms with E-state index in [1.807, 2.05) is 38.1 Å². The Morgan fingerprint density at radius 1 is 1.38 bits per heavy atom. The molecule has 1 aromatic rings. The van der Waals surface area contributed by atoms with Crippen molar-refractivity contribution in [2.45, 2.75) is 13.8 Å². The lowest BCUT2D eigenvalue weighted by Crippen LogP contribution is -2.02. The van der Waals surface area contributed by atoms with Gasteiger partial charge in [0.2, 0.25) is 0 Å². The van der Waals surface area contributed by atoms with Crippen LogP contribution in [-0.2, 0) is 0 Å². The Balaban J connectivity index is 2.71. The van der Waals surface area contributed by atoms with Crippen molar-refractivity contribution in [2.24, 2.45) is 0 Å². The summed E-state index contributed by atoms with van der Waals surface area (Å²) >= 11 is 0.